The van der Waals surface area contributed by atoms with E-state index in [1.165, 1.54) is 37.9 Å². The van der Waals surface area contributed by atoms with Gasteiger partial charge >= 0.3 is 0 Å². The fourth-order valence-electron chi connectivity index (χ4n) is 3.29. The van der Waals surface area contributed by atoms with Crippen LogP contribution in [0.3, 0.4) is 0 Å². The molecule has 1 heterocycles. The second-order valence-electron chi connectivity index (χ2n) is 6.34. The van der Waals surface area contributed by atoms with Crippen LogP contribution in [-0.2, 0) is 6.54 Å². The van der Waals surface area contributed by atoms with Crippen molar-refractivity contribution in [2.24, 2.45) is 17.1 Å². The van der Waals surface area contributed by atoms with Gasteiger partial charge in [0.15, 0.2) is 0 Å². The zero-order valence-corrected chi connectivity index (χ0v) is 12.4. The van der Waals surface area contributed by atoms with Crippen LogP contribution in [-0.4, -0.2) is 24.5 Å². The summed E-state index contributed by atoms with van der Waals surface area (Å²) in [4.78, 5) is 2.59. The smallest absolute Gasteiger partial charge is 0.0233 e. The Morgan fingerprint density at radius 2 is 1.89 bits per heavy atom. The molecule has 0 spiro atoms. The van der Waals surface area contributed by atoms with Crippen molar-refractivity contribution in [3.63, 3.8) is 0 Å². The summed E-state index contributed by atoms with van der Waals surface area (Å²) in [5.74, 6) is 0.689. The lowest BCUT2D eigenvalue weighted by molar-refractivity contribution is 0.163. The molecule has 1 atom stereocenters. The van der Waals surface area contributed by atoms with E-state index in [0.29, 0.717) is 11.3 Å². The predicted octanol–water partition coefficient (Wildman–Crippen LogP) is 3.27. The molecule has 0 amide bonds. The Bertz CT molecular complexity index is 374. The predicted molar refractivity (Wildman–Crippen MR) is 81.9 cm³/mol. The van der Waals surface area contributed by atoms with Crippen LogP contribution in [0.2, 0.25) is 0 Å². The summed E-state index contributed by atoms with van der Waals surface area (Å²) in [6.45, 7) is 8.98. The molecular weight excluding hydrogens is 232 g/mol. The maximum absolute atomic E-state index is 6.09. The van der Waals surface area contributed by atoms with E-state index in [9.17, 15) is 0 Å². The number of nitrogens with zero attached hydrogens (tertiary/aromatic N) is 1. The fraction of sp³-hybridized carbons (Fsp3) is 0.647. The minimum Gasteiger partial charge on any atom is -0.330 e. The highest BCUT2D eigenvalue weighted by Gasteiger charge is 2.34. The van der Waals surface area contributed by atoms with Crippen molar-refractivity contribution in [3.8, 4) is 0 Å². The number of nitrogens with two attached hydrogens (primary N) is 1. The third-order valence-corrected chi connectivity index (χ3v) is 4.96. The molecule has 2 rings (SSSR count). The summed E-state index contributed by atoms with van der Waals surface area (Å²) in [6, 6.07) is 10.8. The Labute approximate surface area is 118 Å². The van der Waals surface area contributed by atoms with Crippen LogP contribution >= 0.6 is 0 Å². The average Bonchev–Trinajstić information content (AvgIpc) is 2.63. The fourth-order valence-corrected chi connectivity index (χ4v) is 3.29. The maximum atomic E-state index is 6.09. The number of hydrogen-bond acceptors (Lipinski definition) is 2. The number of benzene rings is 1. The van der Waals surface area contributed by atoms with E-state index < -0.39 is 0 Å². The molecule has 0 aliphatic carbocycles. The molecule has 1 saturated heterocycles. The van der Waals surface area contributed by atoms with Crippen LogP contribution in [0.1, 0.15) is 38.7 Å². The molecule has 0 saturated carbocycles. The van der Waals surface area contributed by atoms with Gasteiger partial charge in [-0.3, -0.25) is 4.90 Å². The van der Waals surface area contributed by atoms with E-state index in [2.05, 4.69) is 49.1 Å². The van der Waals surface area contributed by atoms with Crippen molar-refractivity contribution in [3.05, 3.63) is 35.9 Å². The molecule has 1 aromatic carbocycles. The molecule has 0 bridgehead atoms. The minimum absolute atomic E-state index is 0.367. The van der Waals surface area contributed by atoms with Gasteiger partial charge in [-0.05, 0) is 55.8 Å². The molecule has 0 radical (unpaired) electrons. The summed E-state index contributed by atoms with van der Waals surface area (Å²) >= 11 is 0. The minimum atomic E-state index is 0.367. The Balaban J connectivity index is 1.97. The second-order valence-corrected chi connectivity index (χ2v) is 6.34. The van der Waals surface area contributed by atoms with E-state index in [4.69, 9.17) is 5.73 Å². The summed E-state index contributed by atoms with van der Waals surface area (Å²) in [7, 11) is 0. The standard InChI is InChI=1S/C17H28N2/c1-15(2)17(14-18)9-6-11-19(12-10-17)13-16-7-4-3-5-8-16/h3-5,7-8,15H,6,9-14,18H2,1-2H3. The molecule has 19 heavy (non-hydrogen) atoms. The summed E-state index contributed by atoms with van der Waals surface area (Å²) < 4.78 is 0. The van der Waals surface area contributed by atoms with Crippen molar-refractivity contribution in [1.29, 1.82) is 0 Å². The molecular formula is C17H28N2. The molecule has 2 N–H and O–H groups in total. The van der Waals surface area contributed by atoms with Crippen molar-refractivity contribution in [1.82, 2.24) is 4.90 Å². The average molecular weight is 260 g/mol. The van der Waals surface area contributed by atoms with E-state index in [0.717, 1.165) is 13.1 Å². The van der Waals surface area contributed by atoms with Gasteiger partial charge in [0.05, 0.1) is 0 Å². The van der Waals surface area contributed by atoms with E-state index in [-0.39, 0.29) is 0 Å². The van der Waals surface area contributed by atoms with Gasteiger partial charge in [-0.1, -0.05) is 44.2 Å². The zero-order chi connectivity index (χ0) is 13.7. The zero-order valence-electron chi connectivity index (χ0n) is 12.4. The van der Waals surface area contributed by atoms with E-state index in [1.54, 1.807) is 0 Å². The summed E-state index contributed by atoms with van der Waals surface area (Å²) in [5.41, 5.74) is 7.88. The van der Waals surface area contributed by atoms with Crippen LogP contribution in [0, 0.1) is 11.3 Å². The van der Waals surface area contributed by atoms with E-state index >= 15 is 0 Å². The topological polar surface area (TPSA) is 29.3 Å². The first-order chi connectivity index (χ1) is 9.16. The van der Waals surface area contributed by atoms with Gasteiger partial charge in [0.25, 0.3) is 0 Å². The van der Waals surface area contributed by atoms with Crippen LogP contribution < -0.4 is 5.73 Å². The first-order valence-electron chi connectivity index (χ1n) is 7.63. The highest BCUT2D eigenvalue weighted by atomic mass is 15.1. The van der Waals surface area contributed by atoms with Crippen LogP contribution in [0.5, 0.6) is 0 Å². The highest BCUT2D eigenvalue weighted by Crippen LogP contribution is 2.37. The van der Waals surface area contributed by atoms with Gasteiger partial charge in [0.2, 0.25) is 0 Å². The van der Waals surface area contributed by atoms with Gasteiger partial charge in [-0.15, -0.1) is 0 Å². The van der Waals surface area contributed by atoms with Crippen molar-refractivity contribution >= 4 is 0 Å². The van der Waals surface area contributed by atoms with Gasteiger partial charge in [0.1, 0.15) is 0 Å². The molecule has 2 nitrogen and oxygen atoms in total. The van der Waals surface area contributed by atoms with E-state index in [1.807, 2.05) is 0 Å². The molecule has 1 unspecified atom stereocenters. The second kappa shape index (κ2) is 6.53. The lowest BCUT2D eigenvalue weighted by Crippen LogP contribution is -2.36. The monoisotopic (exact) mass is 260 g/mol. The lowest BCUT2D eigenvalue weighted by Gasteiger charge is -2.35. The Morgan fingerprint density at radius 3 is 2.53 bits per heavy atom. The molecule has 0 aromatic heterocycles. The number of likely N-dealkylation sites (tertiary alicyclic amines) is 1. The van der Waals surface area contributed by atoms with Gasteiger partial charge in [0, 0.05) is 6.54 Å². The number of rotatable bonds is 4. The van der Waals surface area contributed by atoms with Crippen molar-refractivity contribution < 1.29 is 0 Å². The third-order valence-electron chi connectivity index (χ3n) is 4.96. The van der Waals surface area contributed by atoms with Gasteiger partial charge in [-0.25, -0.2) is 0 Å². The van der Waals surface area contributed by atoms with Crippen LogP contribution in [0.4, 0.5) is 0 Å². The Morgan fingerprint density at radius 1 is 1.16 bits per heavy atom. The van der Waals surface area contributed by atoms with Crippen molar-refractivity contribution in [2.75, 3.05) is 19.6 Å². The maximum Gasteiger partial charge on any atom is 0.0233 e. The molecule has 106 valence electrons. The first kappa shape index (κ1) is 14.5. The van der Waals surface area contributed by atoms with Crippen molar-refractivity contribution in [2.45, 2.75) is 39.7 Å². The Hall–Kier alpha value is -0.860. The van der Waals surface area contributed by atoms with Gasteiger partial charge < -0.3 is 5.73 Å². The van der Waals surface area contributed by atoms with Gasteiger partial charge in [-0.2, -0.15) is 0 Å². The Kier molecular flexibility index (Phi) is 5.00. The molecule has 1 aliphatic heterocycles. The molecule has 1 aliphatic rings. The quantitative estimate of drug-likeness (QED) is 0.900. The number of hydrogen-bond donors (Lipinski definition) is 1. The third kappa shape index (κ3) is 3.58. The normalized spacial score (nSPS) is 25.5. The SMILES string of the molecule is CC(C)C1(CN)CCCN(Cc2ccccc2)CC1. The van der Waals surface area contributed by atoms with Crippen LogP contribution in [0.25, 0.3) is 0 Å². The molecule has 1 fully saturated rings. The molecule has 2 heteroatoms. The van der Waals surface area contributed by atoms with Crippen LogP contribution in [0.15, 0.2) is 30.3 Å². The lowest BCUT2D eigenvalue weighted by atomic mass is 9.72. The summed E-state index contributed by atoms with van der Waals surface area (Å²) in [6.07, 6.45) is 3.81. The summed E-state index contributed by atoms with van der Waals surface area (Å²) in [5, 5.41) is 0. The largest absolute Gasteiger partial charge is 0.330 e. The molecule has 1 aromatic rings. The first-order valence-corrected chi connectivity index (χ1v) is 7.63. The highest BCUT2D eigenvalue weighted by molar-refractivity contribution is 5.14.